The van der Waals surface area contributed by atoms with Crippen LogP contribution in [0.4, 0.5) is 24.0 Å². The average molecular weight is 432 g/mol. The molecule has 1 N–H and O–H groups in total. The Balaban J connectivity index is 1.77. The van der Waals surface area contributed by atoms with Gasteiger partial charge in [0.05, 0.1) is 10.2 Å². The fourth-order valence-electron chi connectivity index (χ4n) is 3.12. The topological polar surface area (TPSA) is 78.2 Å². The number of carbonyl (C=O) groups excluding carboxylic acids is 1. The molecule has 0 unspecified atom stereocenters. The van der Waals surface area contributed by atoms with Crippen LogP contribution >= 0.6 is 11.3 Å². The molecule has 1 aliphatic heterocycles. The highest BCUT2D eigenvalue weighted by atomic mass is 32.1. The van der Waals surface area contributed by atoms with Gasteiger partial charge in [0.1, 0.15) is 17.4 Å². The third kappa shape index (κ3) is 3.54. The number of amides is 1. The standard InChI is InChI=1S/C20H15F3N4O2S/c1-10-7-8-14(28)13(9-10)24-11(2)16-17(20(21,22)23)26-27(18(16)29)19-25-12-5-3-4-6-15(12)30-19/h3-9,16,28H,1-2H3/t16-/m0/s1. The zero-order valence-corrected chi connectivity index (χ0v) is 16.6. The Hall–Kier alpha value is -3.27. The number of halogens is 3. The number of fused-ring (bicyclic) bond motifs is 1. The lowest BCUT2D eigenvalue weighted by Crippen LogP contribution is -2.37. The number of para-hydroxylation sites is 1. The monoisotopic (exact) mass is 432 g/mol. The maximum atomic E-state index is 13.7. The number of thiazole rings is 1. The van der Waals surface area contributed by atoms with Gasteiger partial charge < -0.3 is 5.11 Å². The lowest BCUT2D eigenvalue weighted by Gasteiger charge is -2.14. The van der Waals surface area contributed by atoms with Crippen LogP contribution in [0.15, 0.2) is 52.6 Å². The lowest BCUT2D eigenvalue weighted by molar-refractivity contribution is -0.119. The van der Waals surface area contributed by atoms with Crippen molar-refractivity contribution in [3.8, 4) is 5.75 Å². The Morgan fingerprint density at radius 2 is 1.97 bits per heavy atom. The second-order valence-corrected chi connectivity index (χ2v) is 7.78. The number of phenolic OH excluding ortho intramolecular Hbond substituents is 1. The number of aliphatic imine (C=N–C) groups is 1. The molecule has 0 fully saturated rings. The van der Waals surface area contributed by atoms with Crippen LogP contribution in [0.1, 0.15) is 12.5 Å². The molecular formula is C20H15F3N4O2S. The van der Waals surface area contributed by atoms with Crippen molar-refractivity contribution >= 4 is 49.7 Å². The Labute approximate surface area is 173 Å². The molecule has 10 heteroatoms. The number of benzene rings is 2. The Bertz CT molecular complexity index is 1180. The van der Waals surface area contributed by atoms with E-state index in [1.54, 1.807) is 37.3 Å². The molecule has 6 nitrogen and oxygen atoms in total. The van der Waals surface area contributed by atoms with E-state index >= 15 is 0 Å². The number of rotatable bonds is 3. The van der Waals surface area contributed by atoms with Crippen molar-refractivity contribution in [2.75, 3.05) is 5.01 Å². The molecule has 0 aliphatic carbocycles. The molecule has 1 aromatic heterocycles. The van der Waals surface area contributed by atoms with Gasteiger partial charge in [0.15, 0.2) is 5.71 Å². The third-order valence-corrected chi connectivity index (χ3v) is 5.55. The van der Waals surface area contributed by atoms with Gasteiger partial charge in [0, 0.05) is 5.71 Å². The first-order valence-corrected chi connectivity index (χ1v) is 9.67. The first kappa shape index (κ1) is 20.0. The molecule has 1 atom stereocenters. The summed E-state index contributed by atoms with van der Waals surface area (Å²) in [4.78, 5) is 21.3. The number of carbonyl (C=O) groups is 1. The van der Waals surface area contributed by atoms with Crippen LogP contribution in [-0.2, 0) is 4.79 Å². The van der Waals surface area contributed by atoms with Gasteiger partial charge in [0.2, 0.25) is 5.13 Å². The first-order chi connectivity index (χ1) is 14.1. The summed E-state index contributed by atoms with van der Waals surface area (Å²) < 4.78 is 41.8. The highest BCUT2D eigenvalue weighted by molar-refractivity contribution is 7.22. The number of alkyl halides is 3. The fourth-order valence-corrected chi connectivity index (χ4v) is 4.04. The molecule has 30 heavy (non-hydrogen) atoms. The Kier molecular flexibility index (Phi) is 4.81. The largest absolute Gasteiger partial charge is 0.506 e. The number of aryl methyl sites for hydroxylation is 1. The van der Waals surface area contributed by atoms with Gasteiger partial charge in [0.25, 0.3) is 5.91 Å². The Morgan fingerprint density at radius 3 is 2.67 bits per heavy atom. The summed E-state index contributed by atoms with van der Waals surface area (Å²) in [6, 6.07) is 11.5. The maximum Gasteiger partial charge on any atom is 0.432 e. The molecule has 2 heterocycles. The van der Waals surface area contributed by atoms with Gasteiger partial charge >= 0.3 is 6.18 Å². The summed E-state index contributed by atoms with van der Waals surface area (Å²) >= 11 is 1.07. The van der Waals surface area contributed by atoms with Crippen molar-refractivity contribution in [3.05, 3.63) is 48.0 Å². The van der Waals surface area contributed by atoms with Crippen molar-refractivity contribution in [1.29, 1.82) is 0 Å². The number of hydrazone groups is 1. The van der Waals surface area contributed by atoms with Crippen molar-refractivity contribution in [2.45, 2.75) is 20.0 Å². The minimum absolute atomic E-state index is 0.0525. The van der Waals surface area contributed by atoms with Gasteiger partial charge in [-0.3, -0.25) is 9.79 Å². The van der Waals surface area contributed by atoms with Crippen LogP contribution in [0.3, 0.4) is 0 Å². The molecule has 0 radical (unpaired) electrons. The van der Waals surface area contributed by atoms with Crippen LogP contribution in [0.5, 0.6) is 5.75 Å². The molecule has 3 aromatic rings. The van der Waals surface area contributed by atoms with E-state index in [0.717, 1.165) is 21.6 Å². The van der Waals surface area contributed by atoms with Crippen LogP contribution in [0.25, 0.3) is 10.2 Å². The summed E-state index contributed by atoms with van der Waals surface area (Å²) in [6.45, 7) is 3.07. The minimum atomic E-state index is -4.84. The number of phenols is 1. The summed E-state index contributed by atoms with van der Waals surface area (Å²) in [6.07, 6.45) is -4.84. The number of anilines is 1. The van der Waals surface area contributed by atoms with Crippen LogP contribution in [-0.4, -0.2) is 33.6 Å². The Morgan fingerprint density at radius 1 is 1.23 bits per heavy atom. The molecule has 1 aliphatic rings. The van der Waals surface area contributed by atoms with E-state index in [4.69, 9.17) is 0 Å². The average Bonchev–Trinajstić information content (AvgIpc) is 3.25. The van der Waals surface area contributed by atoms with Gasteiger partial charge in [-0.25, -0.2) is 4.98 Å². The summed E-state index contributed by atoms with van der Waals surface area (Å²) in [7, 11) is 0. The summed E-state index contributed by atoms with van der Waals surface area (Å²) in [5.74, 6) is -2.81. The highest BCUT2D eigenvalue weighted by Crippen LogP contribution is 2.37. The highest BCUT2D eigenvalue weighted by Gasteiger charge is 2.52. The quantitative estimate of drug-likeness (QED) is 0.593. The summed E-state index contributed by atoms with van der Waals surface area (Å²) in [5, 5.41) is 14.3. The van der Waals surface area contributed by atoms with E-state index in [0.29, 0.717) is 10.5 Å². The molecule has 0 saturated heterocycles. The second kappa shape index (κ2) is 7.21. The van der Waals surface area contributed by atoms with Crippen molar-refractivity contribution in [1.82, 2.24) is 4.98 Å². The predicted molar refractivity (Wildman–Crippen MR) is 110 cm³/mol. The zero-order valence-electron chi connectivity index (χ0n) is 15.8. The normalized spacial score (nSPS) is 17.7. The molecule has 2 aromatic carbocycles. The van der Waals surface area contributed by atoms with Gasteiger partial charge in [-0.05, 0) is 43.7 Å². The second-order valence-electron chi connectivity index (χ2n) is 6.78. The van der Waals surface area contributed by atoms with E-state index in [1.807, 2.05) is 0 Å². The molecular weight excluding hydrogens is 417 g/mol. The molecule has 0 spiro atoms. The van der Waals surface area contributed by atoms with Crippen LogP contribution in [0, 0.1) is 12.8 Å². The van der Waals surface area contributed by atoms with E-state index in [1.165, 1.54) is 19.1 Å². The van der Waals surface area contributed by atoms with Crippen molar-refractivity contribution in [3.63, 3.8) is 0 Å². The third-order valence-electron chi connectivity index (χ3n) is 4.54. The van der Waals surface area contributed by atoms with Gasteiger partial charge in [-0.1, -0.05) is 29.5 Å². The number of aromatic hydroxyl groups is 1. The molecule has 0 bridgehead atoms. The molecule has 154 valence electrons. The van der Waals surface area contributed by atoms with Crippen molar-refractivity contribution < 1.29 is 23.1 Å². The zero-order chi connectivity index (χ0) is 21.6. The van der Waals surface area contributed by atoms with Crippen LogP contribution < -0.4 is 5.01 Å². The van der Waals surface area contributed by atoms with E-state index < -0.39 is 23.7 Å². The van der Waals surface area contributed by atoms with Gasteiger partial charge in [-0.2, -0.15) is 23.3 Å². The van der Waals surface area contributed by atoms with Crippen LogP contribution in [0.2, 0.25) is 0 Å². The molecule has 4 rings (SSSR count). The first-order valence-electron chi connectivity index (χ1n) is 8.85. The smallest absolute Gasteiger partial charge is 0.432 e. The molecule has 0 saturated carbocycles. The summed E-state index contributed by atoms with van der Waals surface area (Å²) in [5.41, 5.74) is 0.0199. The number of nitrogens with zero attached hydrogens (tertiary/aromatic N) is 4. The predicted octanol–water partition coefficient (Wildman–Crippen LogP) is 4.98. The van der Waals surface area contributed by atoms with E-state index in [9.17, 15) is 23.1 Å². The van der Waals surface area contributed by atoms with E-state index in [2.05, 4.69) is 15.1 Å². The SMILES string of the molecule is CC(=Nc1cc(C)ccc1O)[C@@H]1C(=O)N(c2nc3ccccc3s2)N=C1C(F)(F)F. The number of aromatic nitrogens is 1. The van der Waals surface area contributed by atoms with Crippen molar-refractivity contribution in [2.24, 2.45) is 16.0 Å². The maximum absolute atomic E-state index is 13.7. The molecule has 1 amide bonds. The van der Waals surface area contributed by atoms with E-state index in [-0.39, 0.29) is 22.3 Å². The van der Waals surface area contributed by atoms with Gasteiger partial charge in [-0.15, -0.1) is 0 Å². The number of hydrogen-bond donors (Lipinski definition) is 1. The lowest BCUT2D eigenvalue weighted by atomic mass is 9.97. The fraction of sp³-hybridized carbons (Fsp3) is 0.200. The minimum Gasteiger partial charge on any atom is -0.506 e. The number of hydrogen-bond acceptors (Lipinski definition) is 6.